The minimum atomic E-state index is -4.41. The van der Waals surface area contributed by atoms with Gasteiger partial charge in [-0.1, -0.05) is 48.0 Å². The molecule has 0 bridgehead atoms. The SMILES string of the molecule is CCOC(=O)C1CCN(C(=O)c2csc(CN(Cc3ccc(C)cc3)Cc3cccc(C(F)(F)F)c3)n2)CC1. The Bertz CT molecular complexity index is 1270. The second kappa shape index (κ2) is 12.7. The third-order valence-corrected chi connectivity index (χ3v) is 7.55. The number of carbonyl (C=O) groups excluding carboxylic acids is 2. The molecule has 0 atom stereocenters. The van der Waals surface area contributed by atoms with Gasteiger partial charge in [0.15, 0.2) is 0 Å². The van der Waals surface area contributed by atoms with Crippen molar-refractivity contribution in [3.63, 3.8) is 0 Å². The largest absolute Gasteiger partial charge is 0.466 e. The van der Waals surface area contributed by atoms with E-state index in [1.165, 1.54) is 23.5 Å². The highest BCUT2D eigenvalue weighted by Crippen LogP contribution is 2.30. The first-order chi connectivity index (χ1) is 18.6. The van der Waals surface area contributed by atoms with Gasteiger partial charge in [0.05, 0.1) is 24.6 Å². The van der Waals surface area contributed by atoms with Crippen LogP contribution in [0.3, 0.4) is 0 Å². The van der Waals surface area contributed by atoms with Crippen molar-refractivity contribution >= 4 is 23.2 Å². The number of hydrogen-bond acceptors (Lipinski definition) is 6. The molecule has 1 saturated heterocycles. The summed E-state index contributed by atoms with van der Waals surface area (Å²) in [6.07, 6.45) is -3.29. The van der Waals surface area contributed by atoms with Gasteiger partial charge in [-0.05, 0) is 43.9 Å². The van der Waals surface area contributed by atoms with Crippen molar-refractivity contribution in [3.05, 3.63) is 86.9 Å². The van der Waals surface area contributed by atoms with Crippen LogP contribution in [-0.4, -0.2) is 46.4 Å². The van der Waals surface area contributed by atoms with E-state index in [-0.39, 0.29) is 17.8 Å². The number of thiazole rings is 1. The zero-order valence-corrected chi connectivity index (χ0v) is 22.9. The minimum Gasteiger partial charge on any atom is -0.466 e. The van der Waals surface area contributed by atoms with Crippen LogP contribution in [-0.2, 0) is 35.3 Å². The number of likely N-dealkylation sites (tertiary alicyclic amines) is 1. The number of benzene rings is 2. The molecule has 1 aliphatic heterocycles. The van der Waals surface area contributed by atoms with Crippen molar-refractivity contribution in [1.29, 1.82) is 0 Å². The third kappa shape index (κ3) is 7.89. The van der Waals surface area contributed by atoms with Crippen LogP contribution < -0.4 is 0 Å². The summed E-state index contributed by atoms with van der Waals surface area (Å²) < 4.78 is 45.0. The topological polar surface area (TPSA) is 62.7 Å². The first-order valence-corrected chi connectivity index (χ1v) is 13.8. The summed E-state index contributed by atoms with van der Waals surface area (Å²) in [6, 6.07) is 13.4. The second-order valence-electron chi connectivity index (χ2n) is 9.77. The van der Waals surface area contributed by atoms with Crippen LogP contribution in [0.4, 0.5) is 13.2 Å². The first-order valence-electron chi connectivity index (χ1n) is 13.0. The molecule has 0 saturated carbocycles. The number of rotatable bonds is 9. The van der Waals surface area contributed by atoms with E-state index in [0.717, 1.165) is 17.2 Å². The molecule has 3 aromatic rings. The average Bonchev–Trinajstić information content (AvgIpc) is 3.38. The fraction of sp³-hybridized carbons (Fsp3) is 0.414. The van der Waals surface area contributed by atoms with E-state index in [1.54, 1.807) is 23.3 Å². The molecule has 1 amide bonds. The Morgan fingerprint density at radius 2 is 1.74 bits per heavy atom. The number of carbonyl (C=O) groups is 2. The predicted molar refractivity (Wildman–Crippen MR) is 143 cm³/mol. The molecule has 4 rings (SSSR count). The average molecular weight is 560 g/mol. The molecule has 39 heavy (non-hydrogen) atoms. The second-order valence-corrected chi connectivity index (χ2v) is 10.7. The summed E-state index contributed by atoms with van der Waals surface area (Å²) in [6.45, 7) is 6.23. The van der Waals surface area contributed by atoms with Gasteiger partial charge >= 0.3 is 12.1 Å². The van der Waals surface area contributed by atoms with E-state index in [1.807, 2.05) is 36.1 Å². The molecule has 0 radical (unpaired) electrons. The number of alkyl halides is 3. The maximum Gasteiger partial charge on any atom is 0.416 e. The fourth-order valence-corrected chi connectivity index (χ4v) is 5.45. The molecular weight excluding hydrogens is 527 g/mol. The molecule has 0 N–H and O–H groups in total. The molecule has 2 heterocycles. The van der Waals surface area contributed by atoms with Gasteiger partial charge in [0, 0.05) is 31.6 Å². The molecule has 0 spiro atoms. The molecular formula is C29H32F3N3O3S. The Labute approximate surface area is 230 Å². The molecule has 0 unspecified atom stereocenters. The lowest BCUT2D eigenvalue weighted by Gasteiger charge is -2.30. The fourth-order valence-electron chi connectivity index (χ4n) is 4.64. The molecule has 10 heteroatoms. The van der Waals surface area contributed by atoms with E-state index in [9.17, 15) is 22.8 Å². The number of aryl methyl sites for hydroxylation is 1. The van der Waals surface area contributed by atoms with Gasteiger partial charge in [-0.25, -0.2) is 4.98 Å². The van der Waals surface area contributed by atoms with Crippen molar-refractivity contribution in [2.24, 2.45) is 5.92 Å². The van der Waals surface area contributed by atoms with Crippen molar-refractivity contribution in [1.82, 2.24) is 14.8 Å². The lowest BCUT2D eigenvalue weighted by atomic mass is 9.97. The lowest BCUT2D eigenvalue weighted by molar-refractivity contribution is -0.149. The number of amides is 1. The third-order valence-electron chi connectivity index (χ3n) is 6.72. The molecule has 6 nitrogen and oxygen atoms in total. The van der Waals surface area contributed by atoms with Crippen LogP contribution in [0, 0.1) is 12.8 Å². The highest BCUT2D eigenvalue weighted by molar-refractivity contribution is 7.09. The molecule has 1 fully saturated rings. The van der Waals surface area contributed by atoms with Crippen LogP contribution in [0.2, 0.25) is 0 Å². The van der Waals surface area contributed by atoms with Crippen LogP contribution >= 0.6 is 11.3 Å². The minimum absolute atomic E-state index is 0.178. The van der Waals surface area contributed by atoms with Crippen molar-refractivity contribution in [2.75, 3.05) is 19.7 Å². The smallest absolute Gasteiger partial charge is 0.416 e. The zero-order valence-electron chi connectivity index (χ0n) is 22.0. The van der Waals surface area contributed by atoms with Crippen molar-refractivity contribution < 1.29 is 27.5 Å². The summed E-state index contributed by atoms with van der Waals surface area (Å²) in [5.74, 6) is -0.580. The van der Waals surface area contributed by atoms with E-state index in [2.05, 4.69) is 4.98 Å². The van der Waals surface area contributed by atoms with Crippen LogP contribution in [0.25, 0.3) is 0 Å². The molecule has 1 aromatic heterocycles. The first kappa shape index (κ1) is 28.8. The summed E-state index contributed by atoms with van der Waals surface area (Å²) >= 11 is 1.36. The Kier molecular flexibility index (Phi) is 9.40. The summed E-state index contributed by atoms with van der Waals surface area (Å²) in [5, 5.41) is 2.43. The summed E-state index contributed by atoms with van der Waals surface area (Å²) in [4.78, 5) is 33.4. The highest BCUT2D eigenvalue weighted by Gasteiger charge is 2.31. The number of nitrogens with zero attached hydrogens (tertiary/aromatic N) is 3. The van der Waals surface area contributed by atoms with Crippen molar-refractivity contribution in [2.45, 2.75) is 52.5 Å². The Morgan fingerprint density at radius 3 is 2.41 bits per heavy atom. The van der Waals surface area contributed by atoms with Crippen molar-refractivity contribution in [3.8, 4) is 0 Å². The van der Waals surface area contributed by atoms with Gasteiger partial charge in [-0.15, -0.1) is 11.3 Å². The Morgan fingerprint density at radius 1 is 1.05 bits per heavy atom. The van der Waals surface area contributed by atoms with Gasteiger partial charge in [0.25, 0.3) is 5.91 Å². The van der Waals surface area contributed by atoms with Gasteiger partial charge in [-0.3, -0.25) is 14.5 Å². The zero-order chi connectivity index (χ0) is 28.0. The number of halogens is 3. The number of piperidine rings is 1. The summed E-state index contributed by atoms with van der Waals surface area (Å²) in [7, 11) is 0. The predicted octanol–water partition coefficient (Wildman–Crippen LogP) is 6.09. The molecule has 1 aliphatic rings. The van der Waals surface area contributed by atoms with Gasteiger partial charge in [0.2, 0.25) is 0 Å². The molecule has 2 aromatic carbocycles. The number of hydrogen-bond donors (Lipinski definition) is 0. The maximum atomic E-state index is 13.3. The van der Waals surface area contributed by atoms with E-state index >= 15 is 0 Å². The van der Waals surface area contributed by atoms with Crippen LogP contribution in [0.15, 0.2) is 53.9 Å². The van der Waals surface area contributed by atoms with E-state index < -0.39 is 11.7 Å². The summed E-state index contributed by atoms with van der Waals surface area (Å²) in [5.41, 5.74) is 2.37. The van der Waals surface area contributed by atoms with Gasteiger partial charge in [-0.2, -0.15) is 13.2 Å². The number of aromatic nitrogens is 1. The maximum absolute atomic E-state index is 13.3. The number of ether oxygens (including phenoxy) is 1. The lowest BCUT2D eigenvalue weighted by Crippen LogP contribution is -2.40. The van der Waals surface area contributed by atoms with Gasteiger partial charge in [0.1, 0.15) is 10.7 Å². The normalized spacial score (nSPS) is 14.6. The Hall–Kier alpha value is -3.24. The Balaban J connectivity index is 1.45. The van der Waals surface area contributed by atoms with E-state index in [0.29, 0.717) is 68.4 Å². The molecule has 208 valence electrons. The quantitative estimate of drug-likeness (QED) is 0.297. The van der Waals surface area contributed by atoms with Crippen LogP contribution in [0.1, 0.15) is 57.5 Å². The number of esters is 1. The van der Waals surface area contributed by atoms with E-state index in [4.69, 9.17) is 4.74 Å². The molecule has 0 aliphatic carbocycles. The monoisotopic (exact) mass is 559 g/mol. The van der Waals surface area contributed by atoms with Crippen LogP contribution in [0.5, 0.6) is 0 Å². The highest BCUT2D eigenvalue weighted by atomic mass is 32.1. The van der Waals surface area contributed by atoms with Gasteiger partial charge < -0.3 is 9.64 Å². The standard InChI is InChI=1S/C29H32F3N3O3S/c1-3-38-28(37)23-11-13-35(14-12-23)27(36)25-19-39-26(33-25)18-34(16-21-9-7-20(2)8-10-21)17-22-5-4-6-24(15-22)29(30,31)32/h4-10,15,19,23H,3,11-14,16-18H2,1-2H3.